The summed E-state index contributed by atoms with van der Waals surface area (Å²) < 4.78 is 0. The van der Waals surface area contributed by atoms with Crippen LogP contribution in [0.4, 0.5) is 0 Å². The van der Waals surface area contributed by atoms with E-state index in [0.29, 0.717) is 0 Å². The third-order valence-electron chi connectivity index (χ3n) is 5.27. The van der Waals surface area contributed by atoms with Crippen LogP contribution in [0.1, 0.15) is 52.4 Å². The fourth-order valence-electron chi connectivity index (χ4n) is 3.70. The highest BCUT2D eigenvalue weighted by atomic mass is 16.4. The molecule has 2 fully saturated rings. The fourth-order valence-corrected chi connectivity index (χ4v) is 3.70. The molecule has 0 aromatic heterocycles. The molecule has 0 spiro atoms. The van der Waals surface area contributed by atoms with Crippen molar-refractivity contribution in [1.82, 2.24) is 4.90 Å². The summed E-state index contributed by atoms with van der Waals surface area (Å²) in [7, 11) is 0. The Morgan fingerprint density at radius 3 is 2.36 bits per heavy atom. The summed E-state index contributed by atoms with van der Waals surface area (Å²) in [6.45, 7) is 3.49. The third kappa shape index (κ3) is 3.25. The van der Waals surface area contributed by atoms with Crippen molar-refractivity contribution in [3.05, 3.63) is 0 Å². The number of carboxylic acids is 2. The summed E-state index contributed by atoms with van der Waals surface area (Å²) >= 11 is 0. The molecule has 1 aliphatic carbocycles. The first kappa shape index (κ1) is 16.8. The quantitative estimate of drug-likeness (QED) is 0.809. The summed E-state index contributed by atoms with van der Waals surface area (Å²) in [6.07, 6.45) is 4.22. The van der Waals surface area contributed by atoms with Gasteiger partial charge in [0.2, 0.25) is 5.91 Å². The van der Waals surface area contributed by atoms with Gasteiger partial charge in [-0.05, 0) is 39.0 Å². The van der Waals surface area contributed by atoms with Crippen molar-refractivity contribution in [1.29, 1.82) is 0 Å². The molecule has 6 heteroatoms. The lowest BCUT2D eigenvalue weighted by molar-refractivity contribution is -0.148. The summed E-state index contributed by atoms with van der Waals surface area (Å²) in [4.78, 5) is 36.7. The molecular formula is C16H25NO5. The molecule has 124 valence electrons. The van der Waals surface area contributed by atoms with Crippen LogP contribution in [-0.4, -0.2) is 45.5 Å². The van der Waals surface area contributed by atoms with Crippen LogP contribution < -0.4 is 0 Å². The van der Waals surface area contributed by atoms with Crippen LogP contribution in [0.3, 0.4) is 0 Å². The van der Waals surface area contributed by atoms with E-state index in [1.54, 1.807) is 18.7 Å². The maximum Gasteiger partial charge on any atom is 0.309 e. The number of likely N-dealkylation sites (tertiary alicyclic amines) is 1. The Kier molecular flexibility index (Phi) is 4.78. The lowest BCUT2D eigenvalue weighted by Gasteiger charge is -2.32. The van der Waals surface area contributed by atoms with Crippen molar-refractivity contribution in [3.63, 3.8) is 0 Å². The first-order valence-corrected chi connectivity index (χ1v) is 7.99. The number of fused-ring (bicyclic) bond motifs is 1. The van der Waals surface area contributed by atoms with Crippen molar-refractivity contribution in [2.45, 2.75) is 58.4 Å². The van der Waals surface area contributed by atoms with Gasteiger partial charge in [0.1, 0.15) is 0 Å². The molecule has 0 aromatic rings. The van der Waals surface area contributed by atoms with Gasteiger partial charge < -0.3 is 15.1 Å². The molecule has 3 unspecified atom stereocenters. The Balaban J connectivity index is 2.03. The zero-order valence-electron chi connectivity index (χ0n) is 13.2. The van der Waals surface area contributed by atoms with E-state index >= 15 is 0 Å². The van der Waals surface area contributed by atoms with Crippen molar-refractivity contribution in [3.8, 4) is 0 Å². The summed E-state index contributed by atoms with van der Waals surface area (Å²) in [5.74, 6) is -2.25. The Morgan fingerprint density at radius 1 is 1.14 bits per heavy atom. The van der Waals surface area contributed by atoms with Gasteiger partial charge in [0.15, 0.2) is 0 Å². The minimum atomic E-state index is -0.937. The van der Waals surface area contributed by atoms with Crippen molar-refractivity contribution < 1.29 is 24.6 Å². The highest BCUT2D eigenvalue weighted by molar-refractivity contribution is 5.81. The second kappa shape index (κ2) is 6.26. The largest absolute Gasteiger partial charge is 0.481 e. The third-order valence-corrected chi connectivity index (χ3v) is 5.27. The average Bonchev–Trinajstić information content (AvgIpc) is 2.84. The molecule has 1 saturated carbocycles. The van der Waals surface area contributed by atoms with Gasteiger partial charge in [0, 0.05) is 19.0 Å². The predicted octanol–water partition coefficient (Wildman–Crippen LogP) is 1.98. The number of amides is 1. The molecule has 2 N–H and O–H groups in total. The number of hydrogen-bond donors (Lipinski definition) is 2. The fraction of sp³-hybridized carbons (Fsp3) is 0.812. The van der Waals surface area contributed by atoms with Crippen LogP contribution in [-0.2, 0) is 14.4 Å². The van der Waals surface area contributed by atoms with Crippen molar-refractivity contribution in [2.75, 3.05) is 6.54 Å². The lowest BCUT2D eigenvalue weighted by Crippen LogP contribution is -2.39. The Hall–Kier alpha value is -1.59. The molecule has 0 bridgehead atoms. The van der Waals surface area contributed by atoms with Crippen LogP contribution in [0.15, 0.2) is 0 Å². The van der Waals surface area contributed by atoms with E-state index in [1.807, 2.05) is 0 Å². The maximum atomic E-state index is 12.5. The molecule has 1 amide bonds. The van der Waals surface area contributed by atoms with Crippen LogP contribution in [0, 0.1) is 17.3 Å². The molecule has 2 rings (SSSR count). The Bertz CT molecular complexity index is 473. The van der Waals surface area contributed by atoms with Gasteiger partial charge in [0.25, 0.3) is 0 Å². The molecule has 22 heavy (non-hydrogen) atoms. The monoisotopic (exact) mass is 311 g/mol. The molecule has 0 radical (unpaired) electrons. The van der Waals surface area contributed by atoms with Gasteiger partial charge in [-0.25, -0.2) is 0 Å². The highest BCUT2D eigenvalue weighted by Crippen LogP contribution is 2.40. The molecule has 3 atom stereocenters. The van der Waals surface area contributed by atoms with E-state index in [2.05, 4.69) is 0 Å². The summed E-state index contributed by atoms with van der Waals surface area (Å²) in [5.41, 5.74) is -0.937. The Labute approximate surface area is 130 Å². The molecular weight excluding hydrogens is 286 g/mol. The molecule has 1 heterocycles. The zero-order chi connectivity index (χ0) is 16.5. The van der Waals surface area contributed by atoms with Crippen molar-refractivity contribution in [2.24, 2.45) is 17.3 Å². The zero-order valence-corrected chi connectivity index (χ0v) is 13.2. The first-order chi connectivity index (χ1) is 10.2. The standard InChI is InChI=1S/C16H25NO5/c1-16(2,15(21)22)8-7-13(18)17-9-11(14(19)20)10-5-3-4-6-12(10)17/h10-12H,3-9H2,1-2H3,(H,19,20)(H,21,22). The average molecular weight is 311 g/mol. The molecule has 2 aliphatic rings. The van der Waals surface area contributed by atoms with E-state index in [0.717, 1.165) is 25.7 Å². The van der Waals surface area contributed by atoms with E-state index in [4.69, 9.17) is 5.11 Å². The van der Waals surface area contributed by atoms with Crippen LogP contribution in [0.5, 0.6) is 0 Å². The van der Waals surface area contributed by atoms with Crippen molar-refractivity contribution >= 4 is 17.8 Å². The number of rotatable bonds is 5. The van der Waals surface area contributed by atoms with E-state index < -0.39 is 23.3 Å². The number of carbonyl (C=O) groups excluding carboxylic acids is 1. The second-order valence-electron chi connectivity index (χ2n) is 7.20. The SMILES string of the molecule is CC(C)(CCC(=O)N1CC(C(=O)O)C2CCCCC21)C(=O)O. The van der Waals surface area contributed by atoms with Crippen LogP contribution >= 0.6 is 0 Å². The predicted molar refractivity (Wildman–Crippen MR) is 79.2 cm³/mol. The van der Waals surface area contributed by atoms with Gasteiger partial charge >= 0.3 is 11.9 Å². The number of carbonyl (C=O) groups is 3. The minimum Gasteiger partial charge on any atom is -0.481 e. The smallest absolute Gasteiger partial charge is 0.309 e. The minimum absolute atomic E-state index is 0.0234. The van der Waals surface area contributed by atoms with E-state index in [9.17, 15) is 19.5 Å². The maximum absolute atomic E-state index is 12.5. The van der Waals surface area contributed by atoms with Crippen LogP contribution in [0.25, 0.3) is 0 Å². The number of carboxylic acid groups (broad SMARTS) is 2. The Morgan fingerprint density at radius 2 is 1.77 bits per heavy atom. The molecule has 6 nitrogen and oxygen atoms in total. The topological polar surface area (TPSA) is 94.9 Å². The van der Waals surface area contributed by atoms with Gasteiger partial charge in [-0.2, -0.15) is 0 Å². The number of nitrogens with zero attached hydrogens (tertiary/aromatic N) is 1. The second-order valence-corrected chi connectivity index (χ2v) is 7.20. The summed E-state index contributed by atoms with van der Waals surface area (Å²) in [6, 6.07) is 0.0234. The molecule has 1 aliphatic heterocycles. The lowest BCUT2D eigenvalue weighted by atomic mass is 9.80. The molecule has 1 saturated heterocycles. The number of hydrogen-bond acceptors (Lipinski definition) is 3. The number of aliphatic carboxylic acids is 2. The van der Waals surface area contributed by atoms with Gasteiger partial charge in [-0.15, -0.1) is 0 Å². The van der Waals surface area contributed by atoms with E-state index in [-0.39, 0.29) is 37.3 Å². The first-order valence-electron chi connectivity index (χ1n) is 7.99. The van der Waals surface area contributed by atoms with E-state index in [1.165, 1.54) is 0 Å². The van der Waals surface area contributed by atoms with Gasteiger partial charge in [-0.3, -0.25) is 14.4 Å². The highest BCUT2D eigenvalue weighted by Gasteiger charge is 2.47. The van der Waals surface area contributed by atoms with Crippen LogP contribution in [0.2, 0.25) is 0 Å². The normalized spacial score (nSPS) is 28.3. The van der Waals surface area contributed by atoms with Gasteiger partial charge in [0.05, 0.1) is 11.3 Å². The molecule has 0 aromatic carbocycles. The van der Waals surface area contributed by atoms with Gasteiger partial charge in [-0.1, -0.05) is 12.8 Å². The summed E-state index contributed by atoms with van der Waals surface area (Å²) in [5, 5.41) is 18.5.